The zero-order valence-electron chi connectivity index (χ0n) is 15.9. The minimum absolute atomic E-state index is 0.0188. The second-order valence-corrected chi connectivity index (χ2v) is 6.69. The highest BCUT2D eigenvalue weighted by Gasteiger charge is 2.10. The van der Waals surface area contributed by atoms with Crippen LogP contribution in [0.2, 0.25) is 5.02 Å². The highest BCUT2D eigenvalue weighted by atomic mass is 35.5. The number of hydrogen-bond donors (Lipinski definition) is 2. The molecule has 152 valence electrons. The molecule has 0 aliphatic carbocycles. The first-order valence-electron chi connectivity index (χ1n) is 8.95. The van der Waals surface area contributed by atoms with Crippen LogP contribution in [-0.4, -0.2) is 30.2 Å². The molecule has 0 atom stereocenters. The second-order valence-electron chi connectivity index (χ2n) is 6.25. The molecule has 2 aromatic rings. The zero-order valence-corrected chi connectivity index (χ0v) is 16.6. The summed E-state index contributed by atoms with van der Waals surface area (Å²) in [5.41, 5.74) is 1.68. The van der Waals surface area contributed by atoms with Crippen molar-refractivity contribution in [2.45, 2.75) is 26.2 Å². The van der Waals surface area contributed by atoms with E-state index in [1.165, 1.54) is 6.92 Å². The van der Waals surface area contributed by atoms with Crippen molar-refractivity contribution in [2.75, 3.05) is 17.2 Å². The van der Waals surface area contributed by atoms with Gasteiger partial charge in [0.15, 0.2) is 12.4 Å². The molecule has 0 aromatic heterocycles. The van der Waals surface area contributed by atoms with Gasteiger partial charge >= 0.3 is 5.97 Å². The van der Waals surface area contributed by atoms with Crippen LogP contribution in [0.5, 0.6) is 0 Å². The van der Waals surface area contributed by atoms with Crippen molar-refractivity contribution >= 4 is 46.5 Å². The molecule has 0 aliphatic heterocycles. The molecule has 0 bridgehead atoms. The molecule has 2 amide bonds. The Morgan fingerprint density at radius 3 is 1.97 bits per heavy atom. The topological polar surface area (TPSA) is 102 Å². The first-order chi connectivity index (χ1) is 13.8. The van der Waals surface area contributed by atoms with E-state index in [1.807, 2.05) is 0 Å². The molecule has 0 saturated heterocycles. The molecule has 2 rings (SSSR count). The molecule has 0 spiro atoms. The molecule has 0 fully saturated rings. The summed E-state index contributed by atoms with van der Waals surface area (Å²) in [6.45, 7) is 1.06. The lowest BCUT2D eigenvalue weighted by Gasteiger charge is -2.07. The van der Waals surface area contributed by atoms with Crippen molar-refractivity contribution in [2.24, 2.45) is 0 Å². The minimum Gasteiger partial charge on any atom is -0.456 e. The monoisotopic (exact) mass is 416 g/mol. The second kappa shape index (κ2) is 11.0. The quantitative estimate of drug-likeness (QED) is 0.477. The predicted octanol–water partition coefficient (Wildman–Crippen LogP) is 3.83. The Hall–Kier alpha value is -3.19. The van der Waals surface area contributed by atoms with Gasteiger partial charge in [0.05, 0.1) is 0 Å². The number of hydrogen-bond acceptors (Lipinski definition) is 5. The fraction of sp³-hybridized carbons (Fsp3) is 0.238. The standard InChI is InChI=1S/C21H21ClN2O5/c1-14(25)15-5-9-17(10-6-15)23-19(26)3-2-4-21(28)29-13-20(27)24-18-11-7-16(22)8-12-18/h5-12H,2-4,13H2,1H3,(H,23,26)(H,24,27). The molecular weight excluding hydrogens is 396 g/mol. The van der Waals surface area contributed by atoms with E-state index >= 15 is 0 Å². The van der Waals surface area contributed by atoms with Gasteiger partial charge in [0.25, 0.3) is 5.91 Å². The lowest BCUT2D eigenvalue weighted by molar-refractivity contribution is -0.147. The fourth-order valence-corrected chi connectivity index (χ4v) is 2.48. The van der Waals surface area contributed by atoms with E-state index in [4.69, 9.17) is 16.3 Å². The van der Waals surface area contributed by atoms with Gasteiger partial charge in [0, 0.05) is 34.8 Å². The van der Waals surface area contributed by atoms with E-state index in [2.05, 4.69) is 10.6 Å². The Kier molecular flexibility index (Phi) is 8.36. The maximum atomic E-state index is 11.9. The van der Waals surface area contributed by atoms with Gasteiger partial charge in [0.2, 0.25) is 5.91 Å². The first kappa shape index (κ1) is 22.1. The van der Waals surface area contributed by atoms with Crippen molar-refractivity contribution in [3.05, 3.63) is 59.1 Å². The summed E-state index contributed by atoms with van der Waals surface area (Å²) in [5.74, 6) is -1.33. The van der Waals surface area contributed by atoms with Crippen molar-refractivity contribution in [1.82, 2.24) is 0 Å². The number of carbonyl (C=O) groups is 4. The molecule has 2 aromatic carbocycles. The van der Waals surface area contributed by atoms with E-state index < -0.39 is 18.5 Å². The number of halogens is 1. The average molecular weight is 417 g/mol. The maximum Gasteiger partial charge on any atom is 0.306 e. The van der Waals surface area contributed by atoms with Gasteiger partial charge in [-0.2, -0.15) is 0 Å². The van der Waals surface area contributed by atoms with Gasteiger partial charge in [-0.25, -0.2) is 0 Å². The third kappa shape index (κ3) is 8.15. The molecular formula is C21H21ClN2O5. The summed E-state index contributed by atoms with van der Waals surface area (Å²) in [4.78, 5) is 46.6. The summed E-state index contributed by atoms with van der Waals surface area (Å²) in [6, 6.07) is 13.1. The van der Waals surface area contributed by atoms with Crippen molar-refractivity contribution in [3.63, 3.8) is 0 Å². The summed E-state index contributed by atoms with van der Waals surface area (Å²) >= 11 is 5.76. The molecule has 0 aliphatic rings. The van der Waals surface area contributed by atoms with Gasteiger partial charge in [-0.05, 0) is 61.9 Å². The van der Waals surface area contributed by atoms with Crippen LogP contribution in [0.25, 0.3) is 0 Å². The van der Waals surface area contributed by atoms with E-state index in [1.54, 1.807) is 48.5 Å². The van der Waals surface area contributed by atoms with Crippen molar-refractivity contribution in [1.29, 1.82) is 0 Å². The van der Waals surface area contributed by atoms with Crippen molar-refractivity contribution in [3.8, 4) is 0 Å². The van der Waals surface area contributed by atoms with Gasteiger partial charge in [0.1, 0.15) is 0 Å². The SMILES string of the molecule is CC(=O)c1ccc(NC(=O)CCCC(=O)OCC(=O)Nc2ccc(Cl)cc2)cc1. The van der Waals surface area contributed by atoms with Crippen LogP contribution >= 0.6 is 11.6 Å². The van der Waals surface area contributed by atoms with E-state index in [0.717, 1.165) is 0 Å². The number of nitrogens with one attached hydrogen (secondary N) is 2. The van der Waals surface area contributed by atoms with Gasteiger partial charge in [-0.15, -0.1) is 0 Å². The summed E-state index contributed by atoms with van der Waals surface area (Å²) in [5, 5.41) is 5.81. The number of esters is 1. The number of ketones is 1. The summed E-state index contributed by atoms with van der Waals surface area (Å²) in [6.07, 6.45) is 0.431. The maximum absolute atomic E-state index is 11.9. The van der Waals surface area contributed by atoms with Crippen LogP contribution in [0.3, 0.4) is 0 Å². The number of benzene rings is 2. The zero-order chi connectivity index (χ0) is 21.2. The normalized spacial score (nSPS) is 10.1. The fourth-order valence-electron chi connectivity index (χ4n) is 2.35. The Balaban J connectivity index is 1.63. The van der Waals surface area contributed by atoms with Crippen LogP contribution in [-0.2, 0) is 19.1 Å². The molecule has 0 radical (unpaired) electrons. The Labute approximate surface area is 173 Å². The molecule has 0 heterocycles. The van der Waals surface area contributed by atoms with Crippen molar-refractivity contribution < 1.29 is 23.9 Å². The largest absolute Gasteiger partial charge is 0.456 e. The minimum atomic E-state index is -0.560. The number of rotatable bonds is 9. The third-order valence-electron chi connectivity index (χ3n) is 3.85. The molecule has 0 unspecified atom stereocenters. The highest BCUT2D eigenvalue weighted by molar-refractivity contribution is 6.30. The summed E-state index contributed by atoms with van der Waals surface area (Å²) in [7, 11) is 0. The van der Waals surface area contributed by atoms with Crippen LogP contribution in [0, 0.1) is 0 Å². The van der Waals surface area contributed by atoms with Crippen LogP contribution in [0.15, 0.2) is 48.5 Å². The number of carbonyl (C=O) groups excluding carboxylic acids is 4. The number of ether oxygens (including phenoxy) is 1. The summed E-state index contributed by atoms with van der Waals surface area (Å²) < 4.78 is 4.89. The Bertz CT molecular complexity index is 879. The molecule has 2 N–H and O–H groups in total. The van der Waals surface area contributed by atoms with Crippen LogP contribution in [0.1, 0.15) is 36.5 Å². The predicted molar refractivity (Wildman–Crippen MR) is 110 cm³/mol. The van der Waals surface area contributed by atoms with Gasteiger partial charge in [-0.3, -0.25) is 19.2 Å². The first-order valence-corrected chi connectivity index (χ1v) is 9.33. The Morgan fingerprint density at radius 1 is 0.828 bits per heavy atom. The van der Waals surface area contributed by atoms with Crippen LogP contribution < -0.4 is 10.6 Å². The van der Waals surface area contributed by atoms with Gasteiger partial charge < -0.3 is 15.4 Å². The third-order valence-corrected chi connectivity index (χ3v) is 4.10. The van der Waals surface area contributed by atoms with E-state index in [0.29, 0.717) is 22.0 Å². The van der Waals surface area contributed by atoms with Crippen LogP contribution in [0.4, 0.5) is 11.4 Å². The lowest BCUT2D eigenvalue weighted by Crippen LogP contribution is -2.21. The average Bonchev–Trinajstić information content (AvgIpc) is 2.68. The smallest absolute Gasteiger partial charge is 0.306 e. The molecule has 29 heavy (non-hydrogen) atoms. The van der Waals surface area contributed by atoms with E-state index in [-0.39, 0.29) is 31.0 Å². The van der Waals surface area contributed by atoms with E-state index in [9.17, 15) is 19.2 Å². The molecule has 8 heteroatoms. The number of amides is 2. The number of Topliss-reactive ketones (excluding diaryl/α,β-unsaturated/α-hetero) is 1. The van der Waals surface area contributed by atoms with Gasteiger partial charge in [-0.1, -0.05) is 11.6 Å². The highest BCUT2D eigenvalue weighted by Crippen LogP contribution is 2.13. The number of anilines is 2. The Morgan fingerprint density at radius 2 is 1.38 bits per heavy atom. The lowest BCUT2D eigenvalue weighted by atomic mass is 10.1. The molecule has 0 saturated carbocycles. The molecule has 7 nitrogen and oxygen atoms in total.